The zero-order chi connectivity index (χ0) is 27.2. The number of likely N-dealkylation sites (N-methyl/N-ethyl adjacent to an activating group) is 1. The minimum absolute atomic E-state index is 0.00892. The molecule has 2 aliphatic heterocycles. The summed E-state index contributed by atoms with van der Waals surface area (Å²) < 4.78 is 15.1. The Morgan fingerprint density at radius 2 is 1.95 bits per heavy atom. The summed E-state index contributed by atoms with van der Waals surface area (Å²) >= 11 is 0. The van der Waals surface area contributed by atoms with Crippen molar-refractivity contribution in [2.45, 2.75) is 52.4 Å². The number of hydrogen-bond acceptors (Lipinski definition) is 9. The zero-order valence-electron chi connectivity index (χ0n) is 21.7. The fourth-order valence-electron chi connectivity index (χ4n) is 5.10. The van der Waals surface area contributed by atoms with Gasteiger partial charge in [-0.3, -0.25) is 14.4 Å². The summed E-state index contributed by atoms with van der Waals surface area (Å²) in [5, 5.41) is 10.5. The number of anilines is 1. The molecule has 1 aromatic carbocycles. The van der Waals surface area contributed by atoms with Crippen molar-refractivity contribution in [2.24, 2.45) is 0 Å². The highest BCUT2D eigenvalue weighted by molar-refractivity contribution is 6.02. The topological polar surface area (TPSA) is 130 Å². The van der Waals surface area contributed by atoms with Crippen molar-refractivity contribution in [3.63, 3.8) is 0 Å². The molecule has 38 heavy (non-hydrogen) atoms. The van der Waals surface area contributed by atoms with Gasteiger partial charge in [0.15, 0.2) is 0 Å². The van der Waals surface area contributed by atoms with Gasteiger partial charge in [0.2, 0.25) is 6.79 Å². The average molecular weight is 522 g/mol. The van der Waals surface area contributed by atoms with Crippen LogP contribution in [-0.4, -0.2) is 55.7 Å². The molecule has 10 heteroatoms. The Bertz CT molecular complexity index is 1380. The standard InChI is InChI=1S/C28H31N3O7/c1-3-30(10-6-9-24(33)37-17-36-18(2)32)27(34)22(16-29)15-21-14-20-13-19-7-4-11-31-12-5-8-23(25(19)31)26(20)38-28(21)35/h13-15H,3-12,17H2,1-2H3/b22-15+. The van der Waals surface area contributed by atoms with Crippen molar-refractivity contribution < 1.29 is 28.3 Å². The quantitative estimate of drug-likeness (QED) is 0.161. The van der Waals surface area contributed by atoms with Crippen LogP contribution in [-0.2, 0) is 36.7 Å². The van der Waals surface area contributed by atoms with Gasteiger partial charge in [0, 0.05) is 56.2 Å². The van der Waals surface area contributed by atoms with E-state index >= 15 is 0 Å². The third-order valence-electron chi connectivity index (χ3n) is 6.85. The van der Waals surface area contributed by atoms with Gasteiger partial charge >= 0.3 is 17.6 Å². The van der Waals surface area contributed by atoms with E-state index < -0.39 is 30.3 Å². The van der Waals surface area contributed by atoms with Gasteiger partial charge in [-0.05, 0) is 62.8 Å². The van der Waals surface area contributed by atoms with Crippen LogP contribution in [0.4, 0.5) is 5.69 Å². The lowest BCUT2D eigenvalue weighted by Gasteiger charge is -2.37. The van der Waals surface area contributed by atoms with Crippen LogP contribution >= 0.6 is 0 Å². The number of carbonyl (C=O) groups is 3. The SMILES string of the molecule is CCN(CCCC(=O)OCOC(C)=O)C(=O)/C(C#N)=C/c1cc2cc3c4c(c2oc1=O)CCCN4CCC3. The number of nitriles is 1. The highest BCUT2D eigenvalue weighted by Crippen LogP contribution is 2.39. The normalized spacial score (nSPS) is 14.4. The minimum atomic E-state index is -0.597. The molecular formula is C28H31N3O7. The molecule has 1 amide bonds. The lowest BCUT2D eigenvalue weighted by Crippen LogP contribution is -2.34. The number of benzene rings is 1. The first-order chi connectivity index (χ1) is 18.3. The molecule has 200 valence electrons. The molecule has 0 saturated carbocycles. The Balaban J connectivity index is 1.51. The third kappa shape index (κ3) is 5.88. The van der Waals surface area contributed by atoms with Crippen LogP contribution in [0.3, 0.4) is 0 Å². The molecule has 0 N–H and O–H groups in total. The molecule has 0 fully saturated rings. The first-order valence-corrected chi connectivity index (χ1v) is 12.9. The van der Waals surface area contributed by atoms with Crippen LogP contribution in [0.25, 0.3) is 17.0 Å². The van der Waals surface area contributed by atoms with E-state index in [-0.39, 0.29) is 24.1 Å². The smallest absolute Gasteiger partial charge is 0.343 e. The predicted octanol–water partition coefficient (Wildman–Crippen LogP) is 3.09. The van der Waals surface area contributed by atoms with Gasteiger partial charge in [-0.25, -0.2) is 4.79 Å². The van der Waals surface area contributed by atoms with Crippen LogP contribution in [0.1, 0.15) is 56.2 Å². The molecule has 2 aliphatic rings. The summed E-state index contributed by atoms with van der Waals surface area (Å²) in [5.74, 6) is -1.67. The van der Waals surface area contributed by atoms with Crippen LogP contribution in [0, 0.1) is 11.3 Å². The zero-order valence-corrected chi connectivity index (χ0v) is 21.7. The van der Waals surface area contributed by atoms with E-state index in [9.17, 15) is 24.4 Å². The minimum Gasteiger partial charge on any atom is -0.428 e. The molecule has 0 aliphatic carbocycles. The van der Waals surface area contributed by atoms with E-state index in [1.807, 2.05) is 6.07 Å². The Labute approximate surface area is 220 Å². The first kappa shape index (κ1) is 26.9. The van der Waals surface area contributed by atoms with Gasteiger partial charge in [0.25, 0.3) is 5.91 Å². The number of esters is 2. The van der Waals surface area contributed by atoms with Gasteiger partial charge in [-0.2, -0.15) is 5.26 Å². The summed E-state index contributed by atoms with van der Waals surface area (Å²) in [6.45, 7) is 5.03. The number of aryl methyl sites for hydroxylation is 2. The van der Waals surface area contributed by atoms with Gasteiger partial charge < -0.3 is 23.7 Å². The first-order valence-electron chi connectivity index (χ1n) is 12.9. The van der Waals surface area contributed by atoms with Gasteiger partial charge in [-0.1, -0.05) is 0 Å². The van der Waals surface area contributed by atoms with E-state index in [1.54, 1.807) is 13.0 Å². The number of amides is 1. The molecule has 10 nitrogen and oxygen atoms in total. The third-order valence-corrected chi connectivity index (χ3v) is 6.85. The van der Waals surface area contributed by atoms with Gasteiger partial charge in [-0.15, -0.1) is 0 Å². The Morgan fingerprint density at radius 3 is 2.66 bits per heavy atom. The largest absolute Gasteiger partial charge is 0.428 e. The maximum absolute atomic E-state index is 13.1. The van der Waals surface area contributed by atoms with E-state index in [1.165, 1.54) is 29.2 Å². The molecule has 0 bridgehead atoms. The van der Waals surface area contributed by atoms with E-state index in [0.29, 0.717) is 18.5 Å². The van der Waals surface area contributed by atoms with Crippen LogP contribution in [0.5, 0.6) is 0 Å². The fraction of sp³-hybridized carbons (Fsp3) is 0.464. The average Bonchev–Trinajstić information content (AvgIpc) is 2.90. The fourth-order valence-corrected chi connectivity index (χ4v) is 5.10. The molecule has 0 unspecified atom stereocenters. The second-order valence-corrected chi connectivity index (χ2v) is 9.39. The highest BCUT2D eigenvalue weighted by atomic mass is 16.7. The number of fused-ring (bicyclic) bond motifs is 2. The number of hydrogen-bond donors (Lipinski definition) is 0. The Hall–Kier alpha value is -4.13. The second-order valence-electron chi connectivity index (χ2n) is 9.39. The summed E-state index contributed by atoms with van der Waals surface area (Å²) in [5.41, 5.74) is 3.44. The van der Waals surface area contributed by atoms with E-state index in [2.05, 4.69) is 15.7 Å². The Morgan fingerprint density at radius 1 is 1.18 bits per heavy atom. The summed E-state index contributed by atoms with van der Waals surface area (Å²) in [6.07, 6.45) is 5.46. The van der Waals surface area contributed by atoms with Crippen LogP contribution in [0.15, 0.2) is 26.9 Å². The summed E-state index contributed by atoms with van der Waals surface area (Å²) in [6, 6.07) is 5.66. The Kier molecular flexibility index (Phi) is 8.46. The number of ether oxygens (including phenoxy) is 2. The summed E-state index contributed by atoms with van der Waals surface area (Å²) in [4.78, 5) is 52.3. The number of rotatable bonds is 9. The molecule has 4 rings (SSSR count). The molecule has 0 saturated heterocycles. The van der Waals surface area contributed by atoms with Crippen molar-refractivity contribution in [3.05, 3.63) is 44.8 Å². The molecule has 3 heterocycles. The maximum atomic E-state index is 13.1. The van der Waals surface area contributed by atoms with Crippen LogP contribution < -0.4 is 10.5 Å². The lowest BCUT2D eigenvalue weighted by atomic mass is 9.90. The maximum Gasteiger partial charge on any atom is 0.343 e. The van der Waals surface area contributed by atoms with Crippen LogP contribution in [0.2, 0.25) is 0 Å². The molecule has 0 radical (unpaired) electrons. The van der Waals surface area contributed by atoms with Crippen molar-refractivity contribution in [1.82, 2.24) is 4.90 Å². The highest BCUT2D eigenvalue weighted by Gasteiger charge is 2.27. The van der Waals surface area contributed by atoms with Gasteiger partial charge in [0.05, 0.1) is 5.56 Å². The molecule has 0 atom stereocenters. The predicted molar refractivity (Wildman–Crippen MR) is 139 cm³/mol. The van der Waals surface area contributed by atoms with Crippen molar-refractivity contribution >= 4 is 40.6 Å². The van der Waals surface area contributed by atoms with Gasteiger partial charge in [0.1, 0.15) is 17.2 Å². The van der Waals surface area contributed by atoms with E-state index in [4.69, 9.17) is 9.15 Å². The second kappa shape index (κ2) is 11.9. The molecular weight excluding hydrogens is 490 g/mol. The molecule has 2 aromatic rings. The monoisotopic (exact) mass is 521 g/mol. The van der Waals surface area contributed by atoms with Crippen molar-refractivity contribution in [3.8, 4) is 6.07 Å². The van der Waals surface area contributed by atoms with Crippen molar-refractivity contribution in [1.29, 1.82) is 5.26 Å². The lowest BCUT2D eigenvalue weighted by molar-refractivity contribution is -0.165. The molecule has 0 spiro atoms. The molecule has 1 aromatic heterocycles. The van der Waals surface area contributed by atoms with Crippen molar-refractivity contribution in [2.75, 3.05) is 37.9 Å². The number of carbonyl (C=O) groups excluding carboxylic acids is 3. The van der Waals surface area contributed by atoms with E-state index in [0.717, 1.165) is 49.7 Å². The number of nitrogens with zero attached hydrogens (tertiary/aromatic N) is 3. The summed E-state index contributed by atoms with van der Waals surface area (Å²) in [7, 11) is 0.